The molecule has 0 saturated carbocycles. The number of alkyl halides is 3. The van der Waals surface area contributed by atoms with E-state index in [2.05, 4.69) is 10.6 Å². The summed E-state index contributed by atoms with van der Waals surface area (Å²) in [6, 6.07) is 0.0154. The van der Waals surface area contributed by atoms with Crippen LogP contribution < -0.4 is 16.0 Å². The minimum absolute atomic E-state index is 0.0154. The van der Waals surface area contributed by atoms with Crippen molar-refractivity contribution in [1.82, 2.24) is 16.0 Å². The van der Waals surface area contributed by atoms with E-state index in [-0.39, 0.29) is 24.9 Å². The van der Waals surface area contributed by atoms with Crippen molar-refractivity contribution in [2.45, 2.75) is 32.5 Å². The normalized spacial score (nSPS) is 11.4. The SMILES string of the molecule is CC(C)NC(=O)CCNC(=O)CNCC(F)(F)F. The van der Waals surface area contributed by atoms with Crippen molar-refractivity contribution in [3.63, 3.8) is 0 Å². The zero-order valence-corrected chi connectivity index (χ0v) is 10.4. The van der Waals surface area contributed by atoms with Gasteiger partial charge in [-0.25, -0.2) is 0 Å². The minimum atomic E-state index is -4.34. The van der Waals surface area contributed by atoms with E-state index < -0.39 is 25.2 Å². The van der Waals surface area contributed by atoms with Crippen molar-refractivity contribution in [3.8, 4) is 0 Å². The fourth-order valence-corrected chi connectivity index (χ4v) is 1.09. The molecule has 0 aromatic heterocycles. The van der Waals surface area contributed by atoms with Gasteiger partial charge >= 0.3 is 6.18 Å². The van der Waals surface area contributed by atoms with Crippen LogP contribution in [0.3, 0.4) is 0 Å². The molecule has 0 aromatic rings. The van der Waals surface area contributed by atoms with Crippen molar-refractivity contribution >= 4 is 11.8 Å². The zero-order chi connectivity index (χ0) is 14.2. The van der Waals surface area contributed by atoms with Gasteiger partial charge in [0.2, 0.25) is 11.8 Å². The van der Waals surface area contributed by atoms with Crippen molar-refractivity contribution in [1.29, 1.82) is 0 Å². The molecule has 0 saturated heterocycles. The van der Waals surface area contributed by atoms with E-state index in [1.165, 1.54) is 0 Å². The molecular weight excluding hydrogens is 251 g/mol. The fraction of sp³-hybridized carbons (Fsp3) is 0.800. The van der Waals surface area contributed by atoms with Crippen LogP contribution in [0.5, 0.6) is 0 Å². The molecule has 0 aromatic carbocycles. The van der Waals surface area contributed by atoms with E-state index in [0.717, 1.165) is 0 Å². The zero-order valence-electron chi connectivity index (χ0n) is 10.4. The van der Waals surface area contributed by atoms with Gasteiger partial charge in [0, 0.05) is 19.0 Å². The Hall–Kier alpha value is -1.31. The third-order valence-corrected chi connectivity index (χ3v) is 1.73. The Bertz CT molecular complexity index is 280. The van der Waals surface area contributed by atoms with Gasteiger partial charge in [0.15, 0.2) is 0 Å². The van der Waals surface area contributed by atoms with Crippen molar-refractivity contribution < 1.29 is 22.8 Å². The minimum Gasteiger partial charge on any atom is -0.354 e. The molecule has 0 unspecified atom stereocenters. The Morgan fingerprint density at radius 2 is 1.78 bits per heavy atom. The van der Waals surface area contributed by atoms with Crippen LogP contribution in [0.4, 0.5) is 13.2 Å². The smallest absolute Gasteiger partial charge is 0.354 e. The average Bonchev–Trinajstić information content (AvgIpc) is 2.13. The molecule has 2 amide bonds. The first-order valence-corrected chi connectivity index (χ1v) is 5.54. The van der Waals surface area contributed by atoms with Crippen molar-refractivity contribution in [3.05, 3.63) is 0 Å². The molecule has 0 aliphatic rings. The van der Waals surface area contributed by atoms with Gasteiger partial charge in [-0.15, -0.1) is 0 Å². The molecule has 0 fully saturated rings. The van der Waals surface area contributed by atoms with Crippen LogP contribution in [0.2, 0.25) is 0 Å². The van der Waals surface area contributed by atoms with Gasteiger partial charge < -0.3 is 16.0 Å². The van der Waals surface area contributed by atoms with Crippen LogP contribution in [-0.2, 0) is 9.59 Å². The highest BCUT2D eigenvalue weighted by Crippen LogP contribution is 2.11. The van der Waals surface area contributed by atoms with Crippen LogP contribution >= 0.6 is 0 Å². The lowest BCUT2D eigenvalue weighted by Gasteiger charge is -2.10. The van der Waals surface area contributed by atoms with Crippen LogP contribution in [0, 0.1) is 0 Å². The standard InChI is InChI=1S/C10H18F3N3O2/c1-7(2)16-8(17)3-4-15-9(18)5-14-6-10(11,12)13/h7,14H,3-6H2,1-2H3,(H,15,18)(H,16,17). The Kier molecular flexibility index (Phi) is 7.33. The molecule has 3 N–H and O–H groups in total. The first-order valence-electron chi connectivity index (χ1n) is 5.54. The molecule has 0 atom stereocenters. The number of hydrogen-bond donors (Lipinski definition) is 3. The Morgan fingerprint density at radius 3 is 2.28 bits per heavy atom. The average molecular weight is 269 g/mol. The predicted octanol–water partition coefficient (Wildman–Crippen LogP) is 0.169. The Morgan fingerprint density at radius 1 is 1.17 bits per heavy atom. The molecule has 0 rings (SSSR count). The van der Waals surface area contributed by atoms with Gasteiger partial charge in [0.25, 0.3) is 0 Å². The van der Waals surface area contributed by atoms with Gasteiger partial charge in [0.1, 0.15) is 0 Å². The summed E-state index contributed by atoms with van der Waals surface area (Å²) >= 11 is 0. The summed E-state index contributed by atoms with van der Waals surface area (Å²) in [4.78, 5) is 22.2. The molecule has 5 nitrogen and oxygen atoms in total. The second-order valence-electron chi connectivity index (χ2n) is 4.04. The number of carbonyl (C=O) groups excluding carboxylic acids is 2. The fourth-order valence-electron chi connectivity index (χ4n) is 1.09. The van der Waals surface area contributed by atoms with Gasteiger partial charge in [0.05, 0.1) is 13.1 Å². The maximum Gasteiger partial charge on any atom is 0.401 e. The van der Waals surface area contributed by atoms with Gasteiger partial charge in [-0.2, -0.15) is 13.2 Å². The summed E-state index contributed by atoms with van der Waals surface area (Å²) in [5, 5.41) is 6.93. The summed E-state index contributed by atoms with van der Waals surface area (Å²) < 4.78 is 35.2. The van der Waals surface area contributed by atoms with E-state index in [1.54, 1.807) is 13.8 Å². The summed E-state index contributed by atoms with van der Waals surface area (Å²) in [6.07, 6.45) is -4.24. The number of rotatable bonds is 7. The van der Waals surface area contributed by atoms with Crippen LogP contribution in [-0.4, -0.2) is 43.7 Å². The highest BCUT2D eigenvalue weighted by atomic mass is 19.4. The Balaban J connectivity index is 3.57. The van der Waals surface area contributed by atoms with E-state index >= 15 is 0 Å². The lowest BCUT2D eigenvalue weighted by molar-refractivity contribution is -0.128. The molecule has 0 aliphatic heterocycles. The molecule has 106 valence electrons. The summed E-state index contributed by atoms with van der Waals surface area (Å²) in [5.74, 6) is -0.787. The van der Waals surface area contributed by atoms with Crippen LogP contribution in [0.25, 0.3) is 0 Å². The van der Waals surface area contributed by atoms with Gasteiger partial charge in [-0.05, 0) is 13.8 Å². The number of carbonyl (C=O) groups is 2. The number of amides is 2. The van der Waals surface area contributed by atoms with E-state index in [9.17, 15) is 22.8 Å². The molecule has 0 radical (unpaired) electrons. The molecule has 0 bridgehead atoms. The topological polar surface area (TPSA) is 70.2 Å². The third-order valence-electron chi connectivity index (χ3n) is 1.73. The maximum absolute atomic E-state index is 11.7. The second-order valence-corrected chi connectivity index (χ2v) is 4.04. The van der Waals surface area contributed by atoms with E-state index in [0.29, 0.717) is 0 Å². The Labute approximate surface area is 103 Å². The molecule has 8 heteroatoms. The maximum atomic E-state index is 11.7. The summed E-state index contributed by atoms with van der Waals surface area (Å²) in [5.41, 5.74) is 0. The number of nitrogens with one attached hydrogen (secondary N) is 3. The molecule has 18 heavy (non-hydrogen) atoms. The summed E-state index contributed by atoms with van der Waals surface area (Å²) in [7, 11) is 0. The molecule has 0 heterocycles. The highest BCUT2D eigenvalue weighted by molar-refractivity contribution is 5.80. The quantitative estimate of drug-likeness (QED) is 0.617. The van der Waals surface area contributed by atoms with Crippen LogP contribution in [0.1, 0.15) is 20.3 Å². The first kappa shape index (κ1) is 16.7. The number of hydrogen-bond acceptors (Lipinski definition) is 3. The van der Waals surface area contributed by atoms with Crippen molar-refractivity contribution in [2.75, 3.05) is 19.6 Å². The second kappa shape index (κ2) is 7.91. The first-order chi connectivity index (χ1) is 8.20. The highest BCUT2D eigenvalue weighted by Gasteiger charge is 2.26. The number of halogens is 3. The van der Waals surface area contributed by atoms with Gasteiger partial charge in [-0.3, -0.25) is 9.59 Å². The monoisotopic (exact) mass is 269 g/mol. The third kappa shape index (κ3) is 11.2. The predicted molar refractivity (Wildman–Crippen MR) is 59.8 cm³/mol. The van der Waals surface area contributed by atoms with Crippen LogP contribution in [0.15, 0.2) is 0 Å². The summed E-state index contributed by atoms with van der Waals surface area (Å²) in [6.45, 7) is 2.07. The van der Waals surface area contributed by atoms with Crippen molar-refractivity contribution in [2.24, 2.45) is 0 Å². The lowest BCUT2D eigenvalue weighted by Crippen LogP contribution is -2.40. The van der Waals surface area contributed by atoms with E-state index in [1.807, 2.05) is 5.32 Å². The van der Waals surface area contributed by atoms with E-state index in [4.69, 9.17) is 0 Å². The van der Waals surface area contributed by atoms with Gasteiger partial charge in [-0.1, -0.05) is 0 Å². The molecule has 0 spiro atoms. The molecular formula is C10H18F3N3O2. The molecule has 0 aliphatic carbocycles. The lowest BCUT2D eigenvalue weighted by atomic mass is 10.3. The largest absolute Gasteiger partial charge is 0.401 e.